The molecule has 0 aromatic heterocycles. The van der Waals surface area contributed by atoms with Crippen molar-refractivity contribution in [3.63, 3.8) is 0 Å². The smallest absolute Gasteiger partial charge is 0.104 e. The Balaban J connectivity index is 1.43. The quantitative estimate of drug-likeness (QED) is 0.253. The summed E-state index contributed by atoms with van der Waals surface area (Å²) in [6, 6.07) is -0.171. The highest BCUT2D eigenvalue weighted by atomic mass is 19.1. The number of alkyl halides is 1. The summed E-state index contributed by atoms with van der Waals surface area (Å²) in [5.41, 5.74) is 7.59. The molecule has 4 rings (SSSR count). The molecule has 2 saturated heterocycles. The minimum atomic E-state index is -0.748. The average molecular weight is 410 g/mol. The van der Waals surface area contributed by atoms with Gasteiger partial charge in [0, 0.05) is 32.7 Å². The molecule has 0 amide bonds. The van der Waals surface area contributed by atoms with Crippen LogP contribution in [0.4, 0.5) is 4.39 Å². The fourth-order valence-electron chi connectivity index (χ4n) is 4.75. The first-order valence-electron chi connectivity index (χ1n) is 11.1. The van der Waals surface area contributed by atoms with Gasteiger partial charge in [0.05, 0.1) is 30.8 Å². The summed E-state index contributed by atoms with van der Waals surface area (Å²) < 4.78 is 13.5. The Labute approximate surface area is 172 Å². The fraction of sp³-hybridized carbons (Fsp3) is 0.800. The second-order valence-electron chi connectivity index (χ2n) is 8.61. The maximum absolute atomic E-state index is 13.5. The highest BCUT2D eigenvalue weighted by Gasteiger charge is 2.32. The van der Waals surface area contributed by atoms with Crippen LogP contribution >= 0.6 is 0 Å². The van der Waals surface area contributed by atoms with Crippen molar-refractivity contribution in [2.24, 2.45) is 11.8 Å². The monoisotopic (exact) mass is 409 g/mol. The normalized spacial score (nSPS) is 34.8. The summed E-state index contributed by atoms with van der Waals surface area (Å²) in [4.78, 5) is 0. The van der Waals surface area contributed by atoms with E-state index in [9.17, 15) is 9.50 Å². The Hall–Kier alpha value is -1.23. The van der Waals surface area contributed by atoms with Gasteiger partial charge in [0.25, 0.3) is 0 Å². The van der Waals surface area contributed by atoms with Gasteiger partial charge in [-0.25, -0.2) is 4.39 Å². The fourth-order valence-corrected chi connectivity index (χ4v) is 4.75. The molecular formula is C20H36FN7O. The number of aliphatic hydroxyl groups excluding tert-OH is 1. The second kappa shape index (κ2) is 10.2. The zero-order chi connectivity index (χ0) is 20.1. The average Bonchev–Trinajstić information content (AvgIpc) is 3.28. The molecule has 1 aliphatic carbocycles. The second-order valence-corrected chi connectivity index (χ2v) is 8.61. The van der Waals surface area contributed by atoms with Crippen LogP contribution in [0.15, 0.2) is 23.5 Å². The number of nitrogens with one attached hydrogen (secondary N) is 7. The van der Waals surface area contributed by atoms with Crippen LogP contribution in [0.2, 0.25) is 0 Å². The lowest BCUT2D eigenvalue weighted by molar-refractivity contribution is 0.231. The van der Waals surface area contributed by atoms with Crippen molar-refractivity contribution in [1.29, 1.82) is 0 Å². The van der Waals surface area contributed by atoms with Crippen molar-refractivity contribution < 1.29 is 9.50 Å². The summed E-state index contributed by atoms with van der Waals surface area (Å²) in [5.74, 6) is 1.91. The van der Waals surface area contributed by atoms with E-state index in [0.29, 0.717) is 31.1 Å². The number of piperazine rings is 1. The predicted octanol–water partition coefficient (Wildman–Crippen LogP) is -1.01. The lowest BCUT2D eigenvalue weighted by Gasteiger charge is -2.38. The van der Waals surface area contributed by atoms with Crippen LogP contribution in [0.25, 0.3) is 0 Å². The van der Waals surface area contributed by atoms with Crippen molar-refractivity contribution in [3.05, 3.63) is 23.5 Å². The first-order valence-corrected chi connectivity index (χ1v) is 11.1. The molecule has 3 heterocycles. The third kappa shape index (κ3) is 5.68. The molecule has 0 spiro atoms. The third-order valence-electron chi connectivity index (χ3n) is 6.46. The molecule has 9 heteroatoms. The van der Waals surface area contributed by atoms with E-state index in [2.05, 4.69) is 43.5 Å². The van der Waals surface area contributed by atoms with Crippen LogP contribution in [0.3, 0.4) is 0 Å². The van der Waals surface area contributed by atoms with Crippen molar-refractivity contribution in [3.8, 4) is 0 Å². The molecule has 4 unspecified atom stereocenters. The lowest BCUT2D eigenvalue weighted by atomic mass is 9.86. The highest BCUT2D eigenvalue weighted by Crippen LogP contribution is 2.27. The number of allylic oxidation sites excluding steroid dienone is 2. The van der Waals surface area contributed by atoms with Gasteiger partial charge in [-0.2, -0.15) is 0 Å². The number of hydrazine groups is 1. The van der Waals surface area contributed by atoms with Crippen LogP contribution in [-0.4, -0.2) is 69.0 Å². The maximum atomic E-state index is 13.5. The molecule has 5 atom stereocenters. The van der Waals surface area contributed by atoms with Crippen LogP contribution in [0, 0.1) is 11.8 Å². The van der Waals surface area contributed by atoms with E-state index in [4.69, 9.17) is 0 Å². The van der Waals surface area contributed by atoms with E-state index in [1.165, 1.54) is 0 Å². The number of hydrogen-bond donors (Lipinski definition) is 8. The maximum Gasteiger partial charge on any atom is 0.104 e. The van der Waals surface area contributed by atoms with E-state index in [1.807, 2.05) is 6.08 Å². The molecule has 8 N–H and O–H groups in total. The van der Waals surface area contributed by atoms with Crippen molar-refractivity contribution in [2.45, 2.75) is 50.2 Å². The first-order chi connectivity index (χ1) is 14.2. The van der Waals surface area contributed by atoms with E-state index in [1.54, 1.807) is 0 Å². The van der Waals surface area contributed by atoms with Gasteiger partial charge in [0.1, 0.15) is 6.17 Å². The molecular weight excluding hydrogens is 373 g/mol. The molecule has 3 aliphatic heterocycles. The molecule has 0 aromatic rings. The van der Waals surface area contributed by atoms with Gasteiger partial charge in [-0.15, -0.1) is 0 Å². The first kappa shape index (κ1) is 21.0. The SMILES string of the molecule is OCC(NC1=CC(C2CNNC2)CC(NC2CNCCN2)N1)C1=CC[C@@H](F)CC1. The van der Waals surface area contributed by atoms with Crippen molar-refractivity contribution >= 4 is 0 Å². The summed E-state index contributed by atoms with van der Waals surface area (Å²) in [6.45, 7) is 4.77. The van der Waals surface area contributed by atoms with E-state index >= 15 is 0 Å². The minimum Gasteiger partial charge on any atom is -0.394 e. The van der Waals surface area contributed by atoms with Gasteiger partial charge in [-0.05, 0) is 49.2 Å². The minimum absolute atomic E-state index is 0.00517. The number of rotatable bonds is 7. The highest BCUT2D eigenvalue weighted by molar-refractivity contribution is 5.19. The van der Waals surface area contributed by atoms with Crippen LogP contribution in [0.1, 0.15) is 25.7 Å². The molecule has 0 aromatic carbocycles. The Bertz CT molecular complexity index is 589. The largest absolute Gasteiger partial charge is 0.394 e. The molecule has 4 aliphatic rings. The standard InChI is InChI=1S/C20H36FN7O/c21-16-3-1-13(2-4-16)17(12-29)26-18-7-14(15-9-24-25-10-15)8-19(27-18)28-20-11-22-5-6-23-20/h1,7,14-17,19-20,22-29H,2-6,8-12H2/t14?,16-,17?,19?,20?/m1/s1. The summed E-state index contributed by atoms with van der Waals surface area (Å²) >= 11 is 0. The van der Waals surface area contributed by atoms with Gasteiger partial charge in [0.2, 0.25) is 0 Å². The van der Waals surface area contributed by atoms with Gasteiger partial charge in [-0.1, -0.05) is 6.08 Å². The number of halogens is 1. The van der Waals surface area contributed by atoms with Gasteiger partial charge >= 0.3 is 0 Å². The van der Waals surface area contributed by atoms with Crippen molar-refractivity contribution in [2.75, 3.05) is 39.3 Å². The lowest BCUT2D eigenvalue weighted by Crippen LogP contribution is -2.62. The Morgan fingerprint density at radius 1 is 1.17 bits per heavy atom. The molecule has 8 nitrogen and oxygen atoms in total. The molecule has 29 heavy (non-hydrogen) atoms. The summed E-state index contributed by atoms with van der Waals surface area (Å²) in [5, 5.41) is 27.7. The van der Waals surface area contributed by atoms with E-state index in [-0.39, 0.29) is 25.0 Å². The Morgan fingerprint density at radius 3 is 2.72 bits per heavy atom. The van der Waals surface area contributed by atoms with Gasteiger partial charge < -0.3 is 21.1 Å². The molecule has 0 saturated carbocycles. The van der Waals surface area contributed by atoms with Crippen LogP contribution < -0.4 is 37.4 Å². The van der Waals surface area contributed by atoms with Crippen LogP contribution in [0.5, 0.6) is 0 Å². The van der Waals surface area contributed by atoms with Crippen molar-refractivity contribution in [1.82, 2.24) is 37.4 Å². The summed E-state index contributed by atoms with van der Waals surface area (Å²) in [6.07, 6.45) is 6.56. The Morgan fingerprint density at radius 2 is 2.03 bits per heavy atom. The summed E-state index contributed by atoms with van der Waals surface area (Å²) in [7, 11) is 0. The number of aliphatic hydroxyl groups is 1. The van der Waals surface area contributed by atoms with Gasteiger partial charge in [0.15, 0.2) is 0 Å². The van der Waals surface area contributed by atoms with E-state index < -0.39 is 6.17 Å². The zero-order valence-electron chi connectivity index (χ0n) is 17.0. The molecule has 2 fully saturated rings. The van der Waals surface area contributed by atoms with Gasteiger partial charge in [-0.3, -0.25) is 21.5 Å². The Kier molecular flexibility index (Phi) is 7.39. The molecule has 0 radical (unpaired) electrons. The molecule has 0 bridgehead atoms. The third-order valence-corrected chi connectivity index (χ3v) is 6.46. The van der Waals surface area contributed by atoms with E-state index in [0.717, 1.165) is 50.5 Å². The zero-order valence-corrected chi connectivity index (χ0v) is 17.0. The van der Waals surface area contributed by atoms with Crippen LogP contribution in [-0.2, 0) is 0 Å². The topological polar surface area (TPSA) is 104 Å². The predicted molar refractivity (Wildman–Crippen MR) is 111 cm³/mol. The molecule has 164 valence electrons. The number of hydrogen-bond acceptors (Lipinski definition) is 8.